The maximum atomic E-state index is 11.0. The van der Waals surface area contributed by atoms with Gasteiger partial charge in [-0.2, -0.15) is 0 Å². The molecule has 0 N–H and O–H groups in total. The molecule has 62 valence electrons. The van der Waals surface area contributed by atoms with Crippen molar-refractivity contribution in [3.8, 4) is 0 Å². The van der Waals surface area contributed by atoms with Gasteiger partial charge >= 0.3 is 5.97 Å². The van der Waals surface area contributed by atoms with Gasteiger partial charge in [0, 0.05) is 0 Å². The average molecular weight is 154 g/mol. The Morgan fingerprint density at radius 3 is 3.09 bits per heavy atom. The van der Waals surface area contributed by atoms with Crippen molar-refractivity contribution in [2.45, 2.75) is 19.8 Å². The Labute approximate surface area is 67.2 Å². The molecule has 0 spiro atoms. The van der Waals surface area contributed by atoms with Crippen LogP contribution in [0.5, 0.6) is 0 Å². The Kier molecular flexibility index (Phi) is 2.69. The van der Waals surface area contributed by atoms with Crippen LogP contribution in [0.25, 0.3) is 0 Å². The summed E-state index contributed by atoms with van der Waals surface area (Å²) in [5, 5.41) is 0. The molecule has 0 amide bonds. The van der Waals surface area contributed by atoms with E-state index in [9.17, 15) is 4.79 Å². The Balaban J connectivity index is 2.20. The lowest BCUT2D eigenvalue weighted by molar-refractivity contribution is -0.145. The van der Waals surface area contributed by atoms with Crippen LogP contribution in [-0.4, -0.2) is 12.6 Å². The number of carbonyl (C=O) groups is 1. The number of rotatable bonds is 4. The third-order valence-electron chi connectivity index (χ3n) is 1.98. The molecule has 2 nitrogen and oxygen atoms in total. The van der Waals surface area contributed by atoms with Gasteiger partial charge in [0.25, 0.3) is 0 Å². The van der Waals surface area contributed by atoms with E-state index in [0.29, 0.717) is 12.5 Å². The van der Waals surface area contributed by atoms with Crippen molar-refractivity contribution in [1.29, 1.82) is 0 Å². The minimum Gasteiger partial charge on any atom is -0.466 e. The van der Waals surface area contributed by atoms with Gasteiger partial charge in [0.15, 0.2) is 0 Å². The summed E-state index contributed by atoms with van der Waals surface area (Å²) in [5.74, 6) is 0.666. The number of hydrogen-bond acceptors (Lipinski definition) is 2. The van der Waals surface area contributed by atoms with Crippen LogP contribution in [0.2, 0.25) is 0 Å². The first-order chi connectivity index (χ1) is 5.29. The molecule has 11 heavy (non-hydrogen) atoms. The van der Waals surface area contributed by atoms with Crippen molar-refractivity contribution in [2.24, 2.45) is 11.8 Å². The van der Waals surface area contributed by atoms with Crippen LogP contribution in [0.3, 0.4) is 0 Å². The van der Waals surface area contributed by atoms with E-state index in [2.05, 4.69) is 6.58 Å². The third kappa shape index (κ3) is 2.07. The minimum atomic E-state index is -0.0284. The Bertz CT molecular complexity index is 163. The fourth-order valence-electron chi connectivity index (χ4n) is 1.26. The molecule has 0 unspecified atom stereocenters. The van der Waals surface area contributed by atoms with Gasteiger partial charge in [0.05, 0.1) is 12.5 Å². The Morgan fingerprint density at radius 2 is 2.55 bits per heavy atom. The highest BCUT2D eigenvalue weighted by Gasteiger charge is 2.42. The molecular formula is C9H14O2. The van der Waals surface area contributed by atoms with Crippen LogP contribution < -0.4 is 0 Å². The molecule has 0 bridgehead atoms. The van der Waals surface area contributed by atoms with Crippen molar-refractivity contribution >= 4 is 5.97 Å². The van der Waals surface area contributed by atoms with Gasteiger partial charge in [-0.3, -0.25) is 4.79 Å². The number of ether oxygens (including phenoxy) is 1. The van der Waals surface area contributed by atoms with Gasteiger partial charge in [0.2, 0.25) is 0 Å². The average Bonchev–Trinajstić information content (AvgIpc) is 2.69. The molecule has 0 aromatic rings. The predicted molar refractivity (Wildman–Crippen MR) is 43.0 cm³/mol. The van der Waals surface area contributed by atoms with Crippen molar-refractivity contribution < 1.29 is 9.53 Å². The van der Waals surface area contributed by atoms with E-state index in [0.717, 1.165) is 12.8 Å². The standard InChI is InChI=1S/C9H14O2/c1-3-5-7-6-8(7)9(10)11-4-2/h3,7-8H,1,4-6H2,2H3/t7-,8+/m1/s1. The van der Waals surface area contributed by atoms with Crippen LogP contribution >= 0.6 is 0 Å². The molecule has 0 aliphatic heterocycles. The molecular weight excluding hydrogens is 140 g/mol. The number of hydrogen-bond donors (Lipinski definition) is 0. The molecule has 1 saturated carbocycles. The van der Waals surface area contributed by atoms with Gasteiger partial charge < -0.3 is 4.74 Å². The topological polar surface area (TPSA) is 26.3 Å². The normalized spacial score (nSPS) is 27.7. The fraction of sp³-hybridized carbons (Fsp3) is 0.667. The van der Waals surface area contributed by atoms with Crippen molar-refractivity contribution in [3.63, 3.8) is 0 Å². The van der Waals surface area contributed by atoms with E-state index in [1.54, 1.807) is 0 Å². The van der Waals surface area contributed by atoms with Gasteiger partial charge in [-0.05, 0) is 25.7 Å². The van der Waals surface area contributed by atoms with E-state index < -0.39 is 0 Å². The van der Waals surface area contributed by atoms with E-state index in [1.165, 1.54) is 0 Å². The monoisotopic (exact) mass is 154 g/mol. The Morgan fingerprint density at radius 1 is 1.82 bits per heavy atom. The van der Waals surface area contributed by atoms with E-state index in [-0.39, 0.29) is 11.9 Å². The lowest BCUT2D eigenvalue weighted by Crippen LogP contribution is -2.07. The van der Waals surface area contributed by atoms with Gasteiger partial charge in [-0.1, -0.05) is 6.08 Å². The summed E-state index contributed by atoms with van der Waals surface area (Å²) >= 11 is 0. The molecule has 2 atom stereocenters. The summed E-state index contributed by atoms with van der Waals surface area (Å²) in [6.07, 6.45) is 3.80. The maximum Gasteiger partial charge on any atom is 0.309 e. The first-order valence-corrected chi connectivity index (χ1v) is 4.07. The van der Waals surface area contributed by atoms with Gasteiger partial charge in [0.1, 0.15) is 0 Å². The fourth-order valence-corrected chi connectivity index (χ4v) is 1.26. The maximum absolute atomic E-state index is 11.0. The van der Waals surface area contributed by atoms with Gasteiger partial charge in [-0.25, -0.2) is 0 Å². The van der Waals surface area contributed by atoms with Gasteiger partial charge in [-0.15, -0.1) is 6.58 Å². The molecule has 0 heterocycles. The van der Waals surface area contributed by atoms with E-state index in [4.69, 9.17) is 4.74 Å². The summed E-state index contributed by atoms with van der Waals surface area (Å²) < 4.78 is 4.87. The molecule has 0 aromatic heterocycles. The van der Waals surface area contributed by atoms with E-state index in [1.807, 2.05) is 13.0 Å². The van der Waals surface area contributed by atoms with Crippen molar-refractivity contribution in [1.82, 2.24) is 0 Å². The summed E-state index contributed by atoms with van der Waals surface area (Å²) in [5.41, 5.74) is 0. The Hall–Kier alpha value is -0.790. The minimum absolute atomic E-state index is 0.0284. The molecule has 0 radical (unpaired) electrons. The summed E-state index contributed by atoms with van der Waals surface area (Å²) in [4.78, 5) is 11.0. The van der Waals surface area contributed by atoms with Crippen LogP contribution in [0.1, 0.15) is 19.8 Å². The third-order valence-corrected chi connectivity index (χ3v) is 1.98. The lowest BCUT2D eigenvalue weighted by atomic mass is 10.2. The molecule has 2 heteroatoms. The number of allylic oxidation sites excluding steroid dienone is 1. The first kappa shape index (κ1) is 8.31. The molecule has 1 fully saturated rings. The van der Waals surface area contributed by atoms with Crippen LogP contribution in [-0.2, 0) is 9.53 Å². The van der Waals surface area contributed by atoms with Crippen LogP contribution in [0.15, 0.2) is 12.7 Å². The highest BCUT2D eigenvalue weighted by molar-refractivity contribution is 5.75. The van der Waals surface area contributed by atoms with Crippen molar-refractivity contribution in [3.05, 3.63) is 12.7 Å². The number of esters is 1. The molecule has 1 rings (SSSR count). The van der Waals surface area contributed by atoms with E-state index >= 15 is 0 Å². The smallest absolute Gasteiger partial charge is 0.309 e. The highest BCUT2D eigenvalue weighted by atomic mass is 16.5. The zero-order valence-electron chi connectivity index (χ0n) is 6.88. The highest BCUT2D eigenvalue weighted by Crippen LogP contribution is 2.42. The zero-order chi connectivity index (χ0) is 8.27. The second-order valence-electron chi connectivity index (χ2n) is 2.88. The molecule has 0 saturated heterocycles. The largest absolute Gasteiger partial charge is 0.466 e. The van der Waals surface area contributed by atoms with Crippen molar-refractivity contribution in [2.75, 3.05) is 6.61 Å². The quantitative estimate of drug-likeness (QED) is 0.455. The molecule has 0 aromatic carbocycles. The first-order valence-electron chi connectivity index (χ1n) is 4.07. The summed E-state index contributed by atoms with van der Waals surface area (Å²) in [6.45, 7) is 5.96. The second-order valence-corrected chi connectivity index (χ2v) is 2.88. The zero-order valence-corrected chi connectivity index (χ0v) is 6.88. The molecule has 1 aliphatic carbocycles. The number of carbonyl (C=O) groups excluding carboxylic acids is 1. The summed E-state index contributed by atoms with van der Waals surface area (Å²) in [6, 6.07) is 0. The lowest BCUT2D eigenvalue weighted by Gasteiger charge is -1.98. The van der Waals surface area contributed by atoms with Crippen LogP contribution in [0, 0.1) is 11.8 Å². The summed E-state index contributed by atoms with van der Waals surface area (Å²) in [7, 11) is 0. The second kappa shape index (κ2) is 3.56. The van der Waals surface area contributed by atoms with Crippen LogP contribution in [0.4, 0.5) is 0 Å². The SMILES string of the molecule is C=CC[C@@H]1C[C@@H]1C(=O)OCC. The molecule has 1 aliphatic rings. The predicted octanol–water partition coefficient (Wildman–Crippen LogP) is 1.76.